The zero-order valence-corrected chi connectivity index (χ0v) is 31.6. The van der Waals surface area contributed by atoms with E-state index in [0.29, 0.717) is 24.8 Å². The minimum atomic E-state index is -1.32. The number of likely N-dealkylation sites (tertiary alicyclic amines) is 1. The number of benzene rings is 1. The lowest BCUT2D eigenvalue weighted by Crippen LogP contribution is -2.62. The molecule has 0 aromatic heterocycles. The smallest absolute Gasteiger partial charge is 0.313 e. The summed E-state index contributed by atoms with van der Waals surface area (Å²) in [5.41, 5.74) is -1.23. The number of hydrogen-bond acceptors (Lipinski definition) is 7. The third-order valence-electron chi connectivity index (χ3n) is 10.3. The number of ether oxygens (including phenoxy) is 2. The van der Waals surface area contributed by atoms with Gasteiger partial charge in [0.05, 0.1) is 36.6 Å². The summed E-state index contributed by atoms with van der Waals surface area (Å²) in [6.07, 6.45) is 3.36. The number of aliphatic hydroxyl groups excluding tert-OH is 1. The molecule has 1 aromatic rings. The van der Waals surface area contributed by atoms with Crippen molar-refractivity contribution in [3.63, 3.8) is 0 Å². The van der Waals surface area contributed by atoms with E-state index in [-0.39, 0.29) is 42.1 Å². The van der Waals surface area contributed by atoms with Crippen LogP contribution in [0.25, 0.3) is 0 Å². The van der Waals surface area contributed by atoms with E-state index in [1.807, 2.05) is 71.9 Å². The van der Waals surface area contributed by atoms with Crippen LogP contribution in [0.15, 0.2) is 55.6 Å². The van der Waals surface area contributed by atoms with Crippen LogP contribution in [0.2, 0.25) is 0 Å². The lowest BCUT2D eigenvalue weighted by Gasteiger charge is -2.43. The molecule has 1 aromatic carbocycles. The zero-order valence-electron chi connectivity index (χ0n) is 30.0. The molecule has 49 heavy (non-hydrogen) atoms. The highest BCUT2D eigenvalue weighted by molar-refractivity contribution is 9.09. The number of halogens is 1. The molecule has 1 spiro atoms. The van der Waals surface area contributed by atoms with E-state index >= 15 is 0 Å². The molecule has 3 aliphatic heterocycles. The third kappa shape index (κ3) is 7.40. The van der Waals surface area contributed by atoms with Crippen LogP contribution in [-0.2, 0) is 28.7 Å². The van der Waals surface area contributed by atoms with E-state index in [0.717, 1.165) is 0 Å². The maximum atomic E-state index is 14.8. The van der Waals surface area contributed by atoms with Crippen LogP contribution in [0.5, 0.6) is 0 Å². The van der Waals surface area contributed by atoms with Crippen LogP contribution in [-0.4, -0.2) is 104 Å². The van der Waals surface area contributed by atoms with Gasteiger partial charge in [0.1, 0.15) is 17.7 Å². The van der Waals surface area contributed by atoms with Gasteiger partial charge < -0.3 is 29.3 Å². The summed E-state index contributed by atoms with van der Waals surface area (Å²) < 4.78 is 13.1. The number of esters is 1. The first kappa shape index (κ1) is 38.8. The van der Waals surface area contributed by atoms with Gasteiger partial charge in [-0.15, -0.1) is 13.2 Å². The van der Waals surface area contributed by atoms with Crippen LogP contribution in [0.4, 0.5) is 0 Å². The fourth-order valence-corrected chi connectivity index (χ4v) is 8.87. The first-order valence-electron chi connectivity index (χ1n) is 17.3. The van der Waals surface area contributed by atoms with Crippen molar-refractivity contribution in [2.24, 2.45) is 17.8 Å². The highest BCUT2D eigenvalue weighted by atomic mass is 79.9. The van der Waals surface area contributed by atoms with Crippen molar-refractivity contribution in [2.45, 2.75) is 114 Å². The standard InChI is InChI=1S/C38H54BrN3O7/c1-10-12-18-28(44)40(9)24(5)31(25-16-14-13-15-17-25)48-36(47)29-30-34(45)42(26(22-43)20-23(3)4)33(38(30)21-27(39)32(29)49-38)35(46)41(19-11-2)37(6,7)8/h10-11,13-17,23-24,26-27,29-33,43H,1-2,12,18-22H2,3-9H3/t24-,26-,27?,29+,30-,31+,32+,33+,38-/m1/s1. The maximum Gasteiger partial charge on any atom is 0.313 e. The van der Waals surface area contributed by atoms with E-state index in [4.69, 9.17) is 9.47 Å². The quantitative estimate of drug-likeness (QED) is 0.152. The Hall–Kier alpha value is -3.02. The van der Waals surface area contributed by atoms with Crippen molar-refractivity contribution < 1.29 is 33.8 Å². The van der Waals surface area contributed by atoms with Gasteiger partial charge in [-0.25, -0.2) is 0 Å². The summed E-state index contributed by atoms with van der Waals surface area (Å²) in [5.74, 6) is -3.35. The van der Waals surface area contributed by atoms with E-state index in [2.05, 4.69) is 29.1 Å². The van der Waals surface area contributed by atoms with Crippen molar-refractivity contribution in [3.05, 3.63) is 61.2 Å². The molecule has 3 amide bonds. The Bertz CT molecular complexity index is 1400. The van der Waals surface area contributed by atoms with Crippen molar-refractivity contribution in [3.8, 4) is 0 Å². The van der Waals surface area contributed by atoms with Crippen LogP contribution < -0.4 is 0 Å². The number of aliphatic hydroxyl groups is 1. The van der Waals surface area contributed by atoms with Crippen molar-refractivity contribution in [1.82, 2.24) is 14.7 Å². The zero-order chi connectivity index (χ0) is 36.4. The lowest BCUT2D eigenvalue weighted by atomic mass is 9.70. The number of alkyl halides is 1. The van der Waals surface area contributed by atoms with Crippen molar-refractivity contribution in [1.29, 1.82) is 0 Å². The lowest BCUT2D eigenvalue weighted by molar-refractivity contribution is -0.165. The van der Waals surface area contributed by atoms with Crippen molar-refractivity contribution >= 4 is 39.6 Å². The molecule has 10 nitrogen and oxygen atoms in total. The van der Waals surface area contributed by atoms with Gasteiger partial charge in [0.15, 0.2) is 0 Å². The molecule has 3 saturated heterocycles. The van der Waals surface area contributed by atoms with Crippen LogP contribution in [0.3, 0.4) is 0 Å². The molecule has 4 rings (SSSR count). The second-order valence-corrected chi connectivity index (χ2v) is 16.3. The molecule has 3 heterocycles. The van der Waals surface area contributed by atoms with E-state index in [1.54, 1.807) is 29.0 Å². The van der Waals surface area contributed by atoms with Gasteiger partial charge in [0.25, 0.3) is 0 Å². The molecule has 11 heteroatoms. The van der Waals surface area contributed by atoms with Gasteiger partial charge >= 0.3 is 5.97 Å². The summed E-state index contributed by atoms with van der Waals surface area (Å²) in [5, 5.41) is 10.7. The molecular formula is C38H54BrN3O7. The summed E-state index contributed by atoms with van der Waals surface area (Å²) in [4.78, 5) is 61.6. The van der Waals surface area contributed by atoms with E-state index in [1.165, 1.54) is 4.90 Å². The molecule has 0 aliphatic carbocycles. The summed E-state index contributed by atoms with van der Waals surface area (Å²) in [7, 11) is 1.69. The number of rotatable bonds is 15. The molecule has 1 N–H and O–H groups in total. The Morgan fingerprint density at radius 1 is 1.16 bits per heavy atom. The minimum Gasteiger partial charge on any atom is -0.455 e. The van der Waals surface area contributed by atoms with Crippen LogP contribution in [0.1, 0.15) is 78.9 Å². The molecule has 2 bridgehead atoms. The Kier molecular flexibility index (Phi) is 12.2. The topological polar surface area (TPSA) is 117 Å². The van der Waals surface area contributed by atoms with Crippen LogP contribution in [0, 0.1) is 17.8 Å². The molecule has 0 saturated carbocycles. The third-order valence-corrected chi connectivity index (χ3v) is 11.2. The number of allylic oxidation sites excluding steroid dienone is 1. The van der Waals surface area contributed by atoms with Gasteiger partial charge in [-0.3, -0.25) is 19.2 Å². The highest BCUT2D eigenvalue weighted by Crippen LogP contribution is 2.61. The Labute approximate surface area is 300 Å². The summed E-state index contributed by atoms with van der Waals surface area (Å²) >= 11 is 3.75. The fraction of sp³-hybridized carbons (Fsp3) is 0.632. The SMILES string of the molecule is C=CCCC(=O)N(C)[C@H](C)[C@H](OC(=O)[C@@H]1[C@H]2O[C@@]3(CC2Br)[C@H](C(=O)N(CC=C)C(C)(C)C)N([C@@H](CO)CC(C)C)C(=O)[C@@H]13)c1ccccc1. The Morgan fingerprint density at radius 3 is 2.37 bits per heavy atom. The summed E-state index contributed by atoms with van der Waals surface area (Å²) in [6.45, 7) is 19.1. The molecular weight excluding hydrogens is 690 g/mol. The van der Waals surface area contributed by atoms with Gasteiger partial charge in [0, 0.05) is 30.4 Å². The largest absolute Gasteiger partial charge is 0.455 e. The average molecular weight is 745 g/mol. The van der Waals surface area contributed by atoms with E-state index < -0.39 is 65.2 Å². The number of fused-ring (bicyclic) bond motifs is 1. The van der Waals surface area contributed by atoms with Gasteiger partial charge in [-0.05, 0) is 58.4 Å². The Morgan fingerprint density at radius 2 is 1.82 bits per heavy atom. The maximum absolute atomic E-state index is 14.8. The summed E-state index contributed by atoms with van der Waals surface area (Å²) in [6, 6.07) is 6.97. The van der Waals surface area contributed by atoms with Gasteiger partial charge in [-0.1, -0.05) is 72.3 Å². The van der Waals surface area contributed by atoms with Crippen molar-refractivity contribution in [2.75, 3.05) is 20.2 Å². The number of carbonyl (C=O) groups is 4. The molecule has 0 radical (unpaired) electrons. The Balaban J connectivity index is 1.78. The minimum absolute atomic E-state index is 0.113. The highest BCUT2D eigenvalue weighted by Gasteiger charge is 2.77. The monoisotopic (exact) mass is 743 g/mol. The normalized spacial score (nSPS) is 27.8. The van der Waals surface area contributed by atoms with E-state index in [9.17, 15) is 24.3 Å². The average Bonchev–Trinajstić information content (AvgIpc) is 3.65. The number of amides is 3. The molecule has 9 atom stereocenters. The van der Waals surface area contributed by atoms with Gasteiger partial charge in [0.2, 0.25) is 17.7 Å². The first-order chi connectivity index (χ1) is 23.0. The predicted molar refractivity (Wildman–Crippen MR) is 191 cm³/mol. The molecule has 270 valence electrons. The number of likely N-dealkylation sites (N-methyl/N-ethyl adjacent to an activating group) is 1. The second-order valence-electron chi connectivity index (χ2n) is 15.1. The van der Waals surface area contributed by atoms with Gasteiger partial charge in [-0.2, -0.15) is 0 Å². The number of nitrogens with zero attached hydrogens (tertiary/aromatic N) is 3. The fourth-order valence-electron chi connectivity index (χ4n) is 7.92. The number of carbonyl (C=O) groups excluding carboxylic acids is 4. The molecule has 3 fully saturated rings. The second kappa shape index (κ2) is 15.5. The first-order valence-corrected chi connectivity index (χ1v) is 18.3. The van der Waals surface area contributed by atoms with Crippen LogP contribution >= 0.6 is 15.9 Å². The number of hydrogen-bond donors (Lipinski definition) is 1. The molecule has 3 aliphatic rings. The molecule has 1 unspecified atom stereocenters. The predicted octanol–water partition coefficient (Wildman–Crippen LogP) is 5.05.